The summed E-state index contributed by atoms with van der Waals surface area (Å²) in [6.07, 6.45) is -0.00417. The van der Waals surface area contributed by atoms with Crippen LogP contribution in [0.5, 0.6) is 5.75 Å². The number of benzene rings is 1. The molecule has 0 aliphatic carbocycles. The Kier molecular flexibility index (Phi) is 4.12. The Labute approximate surface area is 89.4 Å². The van der Waals surface area contributed by atoms with Gasteiger partial charge in [-0.25, -0.2) is 0 Å². The summed E-state index contributed by atoms with van der Waals surface area (Å²) >= 11 is 0. The molecule has 0 spiro atoms. The van der Waals surface area contributed by atoms with Gasteiger partial charge in [0.05, 0.1) is 5.56 Å². The quantitative estimate of drug-likeness (QED) is 0.751. The Morgan fingerprint density at radius 1 is 1.53 bits per heavy atom. The molecule has 4 heteroatoms. The van der Waals surface area contributed by atoms with Crippen LogP contribution in [0.2, 0.25) is 0 Å². The Balaban J connectivity index is 2.79. The van der Waals surface area contributed by atoms with Gasteiger partial charge in [0.25, 0.3) is 5.91 Å². The van der Waals surface area contributed by atoms with Gasteiger partial charge >= 0.3 is 0 Å². The molecule has 0 fully saturated rings. The smallest absolute Gasteiger partial charge is 0.252 e. The molecule has 15 heavy (non-hydrogen) atoms. The minimum atomic E-state index is -0.470. The van der Waals surface area contributed by atoms with E-state index in [0.29, 0.717) is 17.9 Å². The average molecular weight is 208 g/mol. The van der Waals surface area contributed by atoms with E-state index in [1.807, 2.05) is 20.0 Å². The second kappa shape index (κ2) is 5.36. The van der Waals surface area contributed by atoms with Crippen LogP contribution in [-0.2, 0) is 0 Å². The Bertz CT molecular complexity index is 339. The summed E-state index contributed by atoms with van der Waals surface area (Å²) in [7, 11) is 1.85. The van der Waals surface area contributed by atoms with Crippen molar-refractivity contribution >= 4 is 5.91 Å². The van der Waals surface area contributed by atoms with E-state index in [1.54, 1.807) is 18.2 Å². The molecule has 0 aliphatic heterocycles. The van der Waals surface area contributed by atoms with E-state index in [2.05, 4.69) is 5.32 Å². The van der Waals surface area contributed by atoms with Gasteiger partial charge < -0.3 is 15.8 Å². The highest BCUT2D eigenvalue weighted by Crippen LogP contribution is 2.18. The molecule has 82 valence electrons. The van der Waals surface area contributed by atoms with E-state index in [-0.39, 0.29) is 6.10 Å². The lowest BCUT2D eigenvalue weighted by Crippen LogP contribution is -2.27. The zero-order chi connectivity index (χ0) is 11.3. The number of ether oxygens (including phenoxy) is 1. The number of likely N-dealkylation sites (N-methyl/N-ethyl adjacent to an activating group) is 1. The molecule has 1 amide bonds. The molecule has 0 radical (unpaired) electrons. The van der Waals surface area contributed by atoms with Crippen molar-refractivity contribution in [3.63, 3.8) is 0 Å². The minimum Gasteiger partial charge on any atom is -0.489 e. The molecule has 1 rings (SSSR count). The molecule has 3 N–H and O–H groups in total. The van der Waals surface area contributed by atoms with Gasteiger partial charge in [0, 0.05) is 6.54 Å². The maximum absolute atomic E-state index is 11.1. The summed E-state index contributed by atoms with van der Waals surface area (Å²) in [5, 5.41) is 3.00. The van der Waals surface area contributed by atoms with Crippen LogP contribution in [0.1, 0.15) is 17.3 Å². The molecule has 1 unspecified atom stereocenters. The molecule has 0 aliphatic rings. The predicted molar refractivity (Wildman–Crippen MR) is 59.0 cm³/mol. The third-order valence-electron chi connectivity index (χ3n) is 1.97. The monoisotopic (exact) mass is 208 g/mol. The van der Waals surface area contributed by atoms with Crippen molar-refractivity contribution < 1.29 is 9.53 Å². The SMILES string of the molecule is CNCC(C)Oc1ccccc1C(N)=O. The Hall–Kier alpha value is -1.55. The van der Waals surface area contributed by atoms with Gasteiger partial charge in [-0.2, -0.15) is 0 Å². The molecule has 1 aromatic carbocycles. The molecule has 1 aromatic rings. The molecular weight excluding hydrogens is 192 g/mol. The number of carbonyl (C=O) groups is 1. The highest BCUT2D eigenvalue weighted by Gasteiger charge is 2.10. The molecule has 0 saturated heterocycles. The second-order valence-electron chi connectivity index (χ2n) is 3.35. The van der Waals surface area contributed by atoms with Crippen LogP contribution >= 0.6 is 0 Å². The van der Waals surface area contributed by atoms with Crippen LogP contribution in [0.25, 0.3) is 0 Å². The lowest BCUT2D eigenvalue weighted by Gasteiger charge is -2.15. The zero-order valence-corrected chi connectivity index (χ0v) is 8.99. The summed E-state index contributed by atoms with van der Waals surface area (Å²) in [5.74, 6) is 0.0648. The topological polar surface area (TPSA) is 64.3 Å². The van der Waals surface area contributed by atoms with Crippen LogP contribution in [0.15, 0.2) is 24.3 Å². The van der Waals surface area contributed by atoms with E-state index in [9.17, 15) is 4.79 Å². The van der Waals surface area contributed by atoms with Crippen LogP contribution in [0.4, 0.5) is 0 Å². The summed E-state index contributed by atoms with van der Waals surface area (Å²) < 4.78 is 5.58. The van der Waals surface area contributed by atoms with Gasteiger partial charge in [-0.1, -0.05) is 12.1 Å². The van der Waals surface area contributed by atoms with Crippen molar-refractivity contribution in [2.45, 2.75) is 13.0 Å². The lowest BCUT2D eigenvalue weighted by atomic mass is 10.2. The van der Waals surface area contributed by atoms with Crippen molar-refractivity contribution in [2.24, 2.45) is 5.73 Å². The number of hydrogen-bond acceptors (Lipinski definition) is 3. The molecule has 1 atom stereocenters. The minimum absolute atomic E-state index is 0.00417. The van der Waals surface area contributed by atoms with Gasteiger partial charge in [-0.3, -0.25) is 4.79 Å². The predicted octanol–water partition coefficient (Wildman–Crippen LogP) is 0.772. The van der Waals surface area contributed by atoms with E-state index in [0.717, 1.165) is 0 Å². The second-order valence-corrected chi connectivity index (χ2v) is 3.35. The lowest BCUT2D eigenvalue weighted by molar-refractivity contribution is 0.0994. The number of amides is 1. The van der Waals surface area contributed by atoms with E-state index < -0.39 is 5.91 Å². The number of rotatable bonds is 5. The molecular formula is C11H16N2O2. The van der Waals surface area contributed by atoms with Crippen LogP contribution in [0.3, 0.4) is 0 Å². The molecule has 0 saturated carbocycles. The fraction of sp³-hybridized carbons (Fsp3) is 0.364. The molecule has 4 nitrogen and oxygen atoms in total. The number of nitrogens with one attached hydrogen (secondary N) is 1. The summed E-state index contributed by atoms with van der Waals surface area (Å²) in [6, 6.07) is 6.97. The van der Waals surface area contributed by atoms with Crippen molar-refractivity contribution in [2.75, 3.05) is 13.6 Å². The van der Waals surface area contributed by atoms with Crippen LogP contribution in [0, 0.1) is 0 Å². The van der Waals surface area contributed by atoms with E-state index >= 15 is 0 Å². The maximum Gasteiger partial charge on any atom is 0.252 e. The van der Waals surface area contributed by atoms with Gasteiger partial charge in [-0.05, 0) is 26.1 Å². The number of para-hydroxylation sites is 1. The number of nitrogens with two attached hydrogens (primary N) is 1. The fourth-order valence-corrected chi connectivity index (χ4v) is 1.32. The van der Waals surface area contributed by atoms with Gasteiger partial charge in [0.1, 0.15) is 11.9 Å². The van der Waals surface area contributed by atoms with E-state index in [1.165, 1.54) is 0 Å². The summed E-state index contributed by atoms with van der Waals surface area (Å²) in [4.78, 5) is 11.1. The maximum atomic E-state index is 11.1. The first-order valence-electron chi connectivity index (χ1n) is 4.85. The highest BCUT2D eigenvalue weighted by molar-refractivity contribution is 5.95. The van der Waals surface area contributed by atoms with Gasteiger partial charge in [-0.15, -0.1) is 0 Å². The summed E-state index contributed by atoms with van der Waals surface area (Å²) in [6.45, 7) is 2.64. The van der Waals surface area contributed by atoms with Crippen LogP contribution in [-0.4, -0.2) is 25.6 Å². The number of carbonyl (C=O) groups excluding carboxylic acids is 1. The standard InChI is InChI=1S/C11H16N2O2/c1-8(7-13-2)15-10-6-4-3-5-9(10)11(12)14/h3-6,8,13H,7H2,1-2H3,(H2,12,14). The van der Waals surface area contributed by atoms with Crippen molar-refractivity contribution in [3.8, 4) is 5.75 Å². The number of hydrogen-bond donors (Lipinski definition) is 2. The largest absolute Gasteiger partial charge is 0.489 e. The molecule has 0 aromatic heterocycles. The van der Waals surface area contributed by atoms with Crippen molar-refractivity contribution in [1.29, 1.82) is 0 Å². The first-order chi connectivity index (χ1) is 7.15. The summed E-state index contributed by atoms with van der Waals surface area (Å²) in [5.41, 5.74) is 5.65. The zero-order valence-electron chi connectivity index (χ0n) is 8.99. The van der Waals surface area contributed by atoms with Gasteiger partial charge in [0.15, 0.2) is 0 Å². The van der Waals surface area contributed by atoms with Gasteiger partial charge in [0.2, 0.25) is 0 Å². The normalized spacial score (nSPS) is 12.1. The Morgan fingerprint density at radius 3 is 2.80 bits per heavy atom. The highest BCUT2D eigenvalue weighted by atomic mass is 16.5. The number of primary amides is 1. The first-order valence-corrected chi connectivity index (χ1v) is 4.85. The molecule has 0 bridgehead atoms. The van der Waals surface area contributed by atoms with Crippen molar-refractivity contribution in [3.05, 3.63) is 29.8 Å². The third-order valence-corrected chi connectivity index (χ3v) is 1.97. The Morgan fingerprint density at radius 2 is 2.20 bits per heavy atom. The average Bonchev–Trinajstić information content (AvgIpc) is 2.18. The third kappa shape index (κ3) is 3.25. The van der Waals surface area contributed by atoms with Crippen LogP contribution < -0.4 is 15.8 Å². The fourth-order valence-electron chi connectivity index (χ4n) is 1.32. The van der Waals surface area contributed by atoms with E-state index in [4.69, 9.17) is 10.5 Å². The first kappa shape index (κ1) is 11.5. The van der Waals surface area contributed by atoms with Crippen molar-refractivity contribution in [1.82, 2.24) is 5.32 Å². The molecule has 0 heterocycles.